The predicted molar refractivity (Wildman–Crippen MR) is 60.0 cm³/mol. The summed E-state index contributed by atoms with van der Waals surface area (Å²) in [5.74, 6) is -3.41. The van der Waals surface area contributed by atoms with Crippen molar-refractivity contribution >= 4 is 0 Å². The summed E-state index contributed by atoms with van der Waals surface area (Å²) in [6.07, 6.45) is -8.45. The second kappa shape index (κ2) is 6.02. The molecular formula is C11H15F6N3. The Morgan fingerprint density at radius 3 is 2.10 bits per heavy atom. The third-order valence-electron chi connectivity index (χ3n) is 2.79. The molecule has 0 amide bonds. The number of hydrogen-bond acceptors (Lipinski definition) is 2. The molecule has 0 aliphatic carbocycles. The lowest BCUT2D eigenvalue weighted by molar-refractivity contribution is -0.291. The molecule has 1 atom stereocenters. The first-order chi connectivity index (χ1) is 9.05. The van der Waals surface area contributed by atoms with Crippen LogP contribution in [0.4, 0.5) is 26.3 Å². The highest BCUT2D eigenvalue weighted by atomic mass is 19.4. The molecule has 0 spiro atoms. The molecule has 20 heavy (non-hydrogen) atoms. The fraction of sp³-hybridized carbons (Fsp3) is 0.727. The number of rotatable bonds is 5. The van der Waals surface area contributed by atoms with Gasteiger partial charge in [0.1, 0.15) is 0 Å². The molecule has 0 aliphatic rings. The monoisotopic (exact) mass is 303 g/mol. The van der Waals surface area contributed by atoms with Crippen LogP contribution in [0.25, 0.3) is 0 Å². The quantitative estimate of drug-likeness (QED) is 0.848. The second-order valence-electron chi connectivity index (χ2n) is 4.45. The summed E-state index contributed by atoms with van der Waals surface area (Å²) in [6.45, 7) is 1.47. The van der Waals surface area contributed by atoms with Crippen molar-refractivity contribution in [3.05, 3.63) is 18.0 Å². The van der Waals surface area contributed by atoms with E-state index < -0.39 is 30.7 Å². The van der Waals surface area contributed by atoms with Gasteiger partial charge in [0, 0.05) is 19.3 Å². The molecule has 0 saturated heterocycles. The number of likely N-dealkylation sites (N-methyl/N-ethyl adjacent to an activating group) is 1. The molecule has 0 bridgehead atoms. The Bertz CT molecular complexity index is 409. The van der Waals surface area contributed by atoms with Crippen LogP contribution in [0.15, 0.2) is 12.4 Å². The van der Waals surface area contributed by atoms with Gasteiger partial charge >= 0.3 is 12.4 Å². The largest absolute Gasteiger partial charge is 0.402 e. The number of alkyl halides is 6. The zero-order valence-corrected chi connectivity index (χ0v) is 10.9. The minimum absolute atomic E-state index is 0.00753. The van der Waals surface area contributed by atoms with E-state index in [1.54, 1.807) is 0 Å². The van der Waals surface area contributed by atoms with Gasteiger partial charge in [-0.05, 0) is 18.5 Å². The van der Waals surface area contributed by atoms with Crippen molar-refractivity contribution in [2.24, 2.45) is 13.0 Å². The fourth-order valence-electron chi connectivity index (χ4n) is 2.04. The molecule has 9 heteroatoms. The summed E-state index contributed by atoms with van der Waals surface area (Å²) in [7, 11) is 1.54. The fourth-order valence-corrected chi connectivity index (χ4v) is 2.04. The van der Waals surface area contributed by atoms with Crippen molar-refractivity contribution in [2.45, 2.75) is 31.7 Å². The van der Waals surface area contributed by atoms with Crippen molar-refractivity contribution < 1.29 is 26.3 Å². The molecule has 3 nitrogen and oxygen atoms in total. The van der Waals surface area contributed by atoms with E-state index >= 15 is 0 Å². The molecule has 0 saturated carbocycles. The average Bonchev–Trinajstić information content (AvgIpc) is 2.59. The first kappa shape index (κ1) is 16.8. The lowest BCUT2D eigenvalue weighted by Crippen LogP contribution is -2.52. The topological polar surface area (TPSA) is 29.9 Å². The zero-order chi connectivity index (χ0) is 15.6. The molecule has 1 aromatic rings. The number of halogens is 6. The summed E-state index contributed by atoms with van der Waals surface area (Å²) < 4.78 is 77.6. The highest BCUT2D eigenvalue weighted by Gasteiger charge is 2.59. The Hall–Kier alpha value is -1.25. The first-order valence-electron chi connectivity index (χ1n) is 5.90. The van der Waals surface area contributed by atoms with Gasteiger partial charge in [-0.3, -0.25) is 4.68 Å². The molecule has 0 aliphatic heterocycles. The maximum absolute atomic E-state index is 12.7. The van der Waals surface area contributed by atoms with E-state index in [9.17, 15) is 26.3 Å². The smallest absolute Gasteiger partial charge is 0.313 e. The number of aryl methyl sites for hydroxylation is 1. The van der Waals surface area contributed by atoms with Crippen molar-refractivity contribution in [3.8, 4) is 0 Å². The number of hydrogen-bond donors (Lipinski definition) is 1. The van der Waals surface area contributed by atoms with Gasteiger partial charge in [0.15, 0.2) is 5.92 Å². The third kappa shape index (κ3) is 4.39. The summed E-state index contributed by atoms with van der Waals surface area (Å²) in [5.41, 5.74) is 0.317. The molecule has 1 rings (SSSR count). The lowest BCUT2D eigenvalue weighted by atomic mass is 9.93. The number of nitrogens with zero attached hydrogens (tertiary/aromatic N) is 2. The van der Waals surface area contributed by atoms with Gasteiger partial charge in [-0.1, -0.05) is 6.92 Å². The van der Waals surface area contributed by atoms with E-state index in [1.807, 2.05) is 0 Å². The summed E-state index contributed by atoms with van der Waals surface area (Å²) in [5, 5.41) is 6.02. The van der Waals surface area contributed by atoms with Crippen LogP contribution in [0.5, 0.6) is 0 Å². The lowest BCUT2D eigenvalue weighted by Gasteiger charge is -2.31. The van der Waals surface area contributed by atoms with Crippen LogP contribution in [-0.2, 0) is 13.5 Å². The van der Waals surface area contributed by atoms with E-state index in [2.05, 4.69) is 10.4 Å². The van der Waals surface area contributed by atoms with Gasteiger partial charge in [-0.2, -0.15) is 31.4 Å². The third-order valence-corrected chi connectivity index (χ3v) is 2.79. The van der Waals surface area contributed by atoms with Crippen LogP contribution in [-0.4, -0.2) is 34.7 Å². The molecule has 1 heterocycles. The van der Waals surface area contributed by atoms with Crippen LogP contribution in [0, 0.1) is 5.92 Å². The standard InChI is InChI=1S/C11H15F6N3/c1-3-18-8(4-7-5-19-20(2)6-7)9(10(12,13)14)11(15,16)17/h5-6,8-9,18H,3-4H2,1-2H3. The van der Waals surface area contributed by atoms with Gasteiger partial charge in [0.2, 0.25) is 0 Å². The number of aromatic nitrogens is 2. The van der Waals surface area contributed by atoms with Crippen LogP contribution in [0.1, 0.15) is 12.5 Å². The van der Waals surface area contributed by atoms with Crippen LogP contribution in [0.3, 0.4) is 0 Å². The Morgan fingerprint density at radius 1 is 1.20 bits per heavy atom. The van der Waals surface area contributed by atoms with E-state index in [4.69, 9.17) is 0 Å². The van der Waals surface area contributed by atoms with Crippen molar-refractivity contribution in [1.29, 1.82) is 0 Å². The minimum Gasteiger partial charge on any atom is -0.313 e. The molecule has 1 unspecified atom stereocenters. The highest BCUT2D eigenvalue weighted by molar-refractivity contribution is 5.08. The first-order valence-corrected chi connectivity index (χ1v) is 5.90. The molecule has 0 radical (unpaired) electrons. The Labute approximate surface area is 112 Å². The maximum Gasteiger partial charge on any atom is 0.402 e. The Balaban J connectivity index is 3.02. The predicted octanol–water partition coefficient (Wildman–Crippen LogP) is 2.68. The van der Waals surface area contributed by atoms with E-state index in [0.717, 1.165) is 0 Å². The molecule has 0 fully saturated rings. The normalized spacial score (nSPS) is 14.8. The van der Waals surface area contributed by atoms with E-state index in [0.29, 0.717) is 5.56 Å². The summed E-state index contributed by atoms with van der Waals surface area (Å²) in [6, 6.07) is -1.77. The molecular weight excluding hydrogens is 288 g/mol. The van der Waals surface area contributed by atoms with Crippen LogP contribution >= 0.6 is 0 Å². The molecule has 0 aromatic carbocycles. The summed E-state index contributed by atoms with van der Waals surface area (Å²) in [4.78, 5) is 0. The SMILES string of the molecule is CCNC(Cc1cnn(C)c1)C(C(F)(F)F)C(F)(F)F. The second-order valence-corrected chi connectivity index (χ2v) is 4.45. The van der Waals surface area contributed by atoms with Gasteiger partial charge in [-0.15, -0.1) is 0 Å². The highest BCUT2D eigenvalue weighted by Crippen LogP contribution is 2.42. The minimum atomic E-state index is -5.35. The van der Waals surface area contributed by atoms with Gasteiger partial charge in [-0.25, -0.2) is 0 Å². The maximum atomic E-state index is 12.7. The van der Waals surface area contributed by atoms with Crippen molar-refractivity contribution in [3.63, 3.8) is 0 Å². The Morgan fingerprint density at radius 2 is 1.75 bits per heavy atom. The van der Waals surface area contributed by atoms with Crippen molar-refractivity contribution in [2.75, 3.05) is 6.54 Å². The molecule has 1 aromatic heterocycles. The Kier molecular flexibility index (Phi) is 5.06. The van der Waals surface area contributed by atoms with Gasteiger partial charge in [0.05, 0.1) is 6.20 Å². The zero-order valence-electron chi connectivity index (χ0n) is 10.9. The average molecular weight is 303 g/mol. The van der Waals surface area contributed by atoms with Gasteiger partial charge < -0.3 is 5.32 Å². The summed E-state index contributed by atoms with van der Waals surface area (Å²) >= 11 is 0. The molecule has 1 N–H and O–H groups in total. The molecule has 116 valence electrons. The van der Waals surface area contributed by atoms with E-state index in [-0.39, 0.29) is 6.54 Å². The number of nitrogens with one attached hydrogen (secondary N) is 1. The van der Waals surface area contributed by atoms with Crippen molar-refractivity contribution in [1.82, 2.24) is 15.1 Å². The van der Waals surface area contributed by atoms with Gasteiger partial charge in [0.25, 0.3) is 0 Å². The van der Waals surface area contributed by atoms with Crippen LogP contribution < -0.4 is 5.32 Å². The van der Waals surface area contributed by atoms with E-state index in [1.165, 1.54) is 31.0 Å². The van der Waals surface area contributed by atoms with Crippen LogP contribution in [0.2, 0.25) is 0 Å².